The van der Waals surface area contributed by atoms with Crippen LogP contribution in [0.5, 0.6) is 0 Å². The summed E-state index contributed by atoms with van der Waals surface area (Å²) in [6.45, 7) is 0. The summed E-state index contributed by atoms with van der Waals surface area (Å²) in [5, 5.41) is 1.15. The molecule has 4 aromatic rings. The van der Waals surface area contributed by atoms with Gasteiger partial charge >= 0.3 is 182 Å². The van der Waals surface area contributed by atoms with E-state index in [1.54, 1.807) is 0 Å². The molecule has 2 heteroatoms. The summed E-state index contributed by atoms with van der Waals surface area (Å²) in [7, 11) is 3.21. The number of hydrogen-bond donors (Lipinski definition) is 0. The molecule has 29 heavy (non-hydrogen) atoms. The quantitative estimate of drug-likeness (QED) is 0.254. The Labute approximate surface area is 181 Å². The van der Waals surface area contributed by atoms with Crippen molar-refractivity contribution in [2.24, 2.45) is 0 Å². The second kappa shape index (κ2) is 9.58. The van der Waals surface area contributed by atoms with E-state index in [4.69, 9.17) is 0 Å². The normalized spacial score (nSPS) is 11.5. The molecule has 0 aliphatic rings. The SMILES string of the molecule is PC(CC[As](c1ccccc1)c1ccccc1)(c1ccccc1)c1ccccc1. The van der Waals surface area contributed by atoms with Gasteiger partial charge in [-0.15, -0.1) is 0 Å². The summed E-state index contributed by atoms with van der Waals surface area (Å²) >= 11 is -1.40. The molecule has 0 N–H and O–H groups in total. The average Bonchev–Trinajstić information content (AvgIpc) is 2.81. The topological polar surface area (TPSA) is 0 Å². The first-order chi connectivity index (χ1) is 14.3. The molecule has 0 saturated heterocycles. The third-order valence-corrected chi connectivity index (χ3v) is 11.7. The van der Waals surface area contributed by atoms with E-state index in [-0.39, 0.29) is 5.16 Å². The Morgan fingerprint density at radius 3 is 1.24 bits per heavy atom. The van der Waals surface area contributed by atoms with Crippen LogP contribution in [0.3, 0.4) is 0 Å². The van der Waals surface area contributed by atoms with E-state index < -0.39 is 14.7 Å². The van der Waals surface area contributed by atoms with Gasteiger partial charge in [0.25, 0.3) is 0 Å². The summed E-state index contributed by atoms with van der Waals surface area (Å²) in [5.41, 5.74) is 2.73. The zero-order chi connectivity index (χ0) is 19.9. The molecule has 144 valence electrons. The van der Waals surface area contributed by atoms with Crippen LogP contribution in [0, 0.1) is 0 Å². The van der Waals surface area contributed by atoms with Crippen LogP contribution >= 0.6 is 9.24 Å². The Balaban J connectivity index is 1.70. The number of rotatable bonds is 7. The van der Waals surface area contributed by atoms with Crippen molar-refractivity contribution in [1.29, 1.82) is 0 Å². The Morgan fingerprint density at radius 2 is 0.862 bits per heavy atom. The zero-order valence-corrected chi connectivity index (χ0v) is 19.5. The molecule has 1 unspecified atom stereocenters. The van der Waals surface area contributed by atoms with Gasteiger partial charge in [-0.3, -0.25) is 0 Å². The van der Waals surface area contributed by atoms with E-state index in [9.17, 15) is 0 Å². The van der Waals surface area contributed by atoms with Crippen molar-refractivity contribution >= 4 is 32.6 Å². The average molecular weight is 456 g/mol. The monoisotopic (exact) mass is 456 g/mol. The van der Waals surface area contributed by atoms with Crippen LogP contribution < -0.4 is 8.70 Å². The predicted molar refractivity (Wildman–Crippen MR) is 131 cm³/mol. The molecule has 0 fully saturated rings. The fourth-order valence-corrected chi connectivity index (χ4v) is 10.0. The number of hydrogen-bond acceptors (Lipinski definition) is 0. The van der Waals surface area contributed by atoms with Crippen LogP contribution in [0.2, 0.25) is 5.21 Å². The second-order valence-corrected chi connectivity index (χ2v) is 13.2. The molecule has 0 saturated carbocycles. The summed E-state index contributed by atoms with van der Waals surface area (Å²) in [4.78, 5) is 0. The minimum absolute atomic E-state index is 0.0704. The summed E-state index contributed by atoms with van der Waals surface area (Å²) in [6, 6.07) is 44.1. The first-order valence-electron chi connectivity index (χ1n) is 10.0. The van der Waals surface area contributed by atoms with E-state index >= 15 is 0 Å². The van der Waals surface area contributed by atoms with Gasteiger partial charge in [0, 0.05) is 0 Å². The Bertz CT molecular complexity index is 922. The molecule has 0 nitrogen and oxygen atoms in total. The van der Waals surface area contributed by atoms with Gasteiger partial charge in [-0.25, -0.2) is 0 Å². The van der Waals surface area contributed by atoms with Gasteiger partial charge in [0.15, 0.2) is 0 Å². The molecule has 0 bridgehead atoms. The molecule has 0 aromatic heterocycles. The van der Waals surface area contributed by atoms with E-state index in [1.807, 2.05) is 0 Å². The van der Waals surface area contributed by atoms with Crippen molar-refractivity contribution in [2.45, 2.75) is 16.8 Å². The fraction of sp³-hybridized carbons (Fsp3) is 0.111. The zero-order valence-electron chi connectivity index (χ0n) is 16.5. The predicted octanol–water partition coefficient (Wildman–Crippen LogP) is 5.50. The molecule has 0 aliphatic carbocycles. The van der Waals surface area contributed by atoms with Crippen molar-refractivity contribution in [1.82, 2.24) is 0 Å². The van der Waals surface area contributed by atoms with Gasteiger partial charge in [-0.2, -0.15) is 0 Å². The third kappa shape index (κ3) is 4.72. The van der Waals surface area contributed by atoms with Crippen molar-refractivity contribution in [3.8, 4) is 0 Å². The Hall–Kier alpha value is -2.13. The molecule has 0 aliphatic heterocycles. The molecular weight excluding hydrogens is 430 g/mol. The van der Waals surface area contributed by atoms with Gasteiger partial charge in [-0.1, -0.05) is 0 Å². The van der Waals surface area contributed by atoms with Crippen LogP contribution in [0.4, 0.5) is 0 Å². The summed E-state index contributed by atoms with van der Waals surface area (Å²) in [6.07, 6.45) is 1.11. The maximum atomic E-state index is 3.21. The molecule has 4 rings (SSSR count). The molecule has 0 spiro atoms. The Morgan fingerprint density at radius 1 is 0.517 bits per heavy atom. The van der Waals surface area contributed by atoms with Crippen LogP contribution in [-0.4, -0.2) is 14.7 Å². The minimum atomic E-state index is -1.40. The molecule has 1 atom stereocenters. The standard InChI is InChI=1S/C27H26AsP/c29-27(23-13-5-1-6-14-23,24-15-7-2-8-16-24)21-22-28(25-17-9-3-10-18-25)26-19-11-4-12-20-26/h1-20H,21-22,29H2. The van der Waals surface area contributed by atoms with Crippen molar-refractivity contribution in [3.05, 3.63) is 132 Å². The molecule has 0 radical (unpaired) electrons. The summed E-state index contributed by atoms with van der Waals surface area (Å²) < 4.78 is 3.05. The van der Waals surface area contributed by atoms with Crippen LogP contribution in [0.25, 0.3) is 0 Å². The first-order valence-corrected chi connectivity index (χ1v) is 13.8. The molecule has 4 aromatic carbocycles. The Kier molecular flexibility index (Phi) is 6.66. The van der Waals surface area contributed by atoms with Gasteiger partial charge in [-0.05, 0) is 0 Å². The molecule has 0 heterocycles. The van der Waals surface area contributed by atoms with Crippen molar-refractivity contribution < 1.29 is 0 Å². The second-order valence-electron chi connectivity index (χ2n) is 7.28. The van der Waals surface area contributed by atoms with Gasteiger partial charge < -0.3 is 0 Å². The molecule has 0 amide bonds. The van der Waals surface area contributed by atoms with Gasteiger partial charge in [0.2, 0.25) is 0 Å². The van der Waals surface area contributed by atoms with Crippen LogP contribution in [-0.2, 0) is 5.16 Å². The number of benzene rings is 4. The first kappa shape index (κ1) is 20.2. The van der Waals surface area contributed by atoms with Gasteiger partial charge in [0.1, 0.15) is 0 Å². The van der Waals surface area contributed by atoms with E-state index in [1.165, 1.54) is 25.0 Å². The maximum absolute atomic E-state index is 3.21. The fourth-order valence-electron chi connectivity index (χ4n) is 3.84. The summed E-state index contributed by atoms with van der Waals surface area (Å²) in [5.74, 6) is 0. The van der Waals surface area contributed by atoms with Crippen molar-refractivity contribution in [3.63, 3.8) is 0 Å². The van der Waals surface area contributed by atoms with Gasteiger partial charge in [0.05, 0.1) is 0 Å². The van der Waals surface area contributed by atoms with E-state index in [0.29, 0.717) is 0 Å². The molecular formula is C27H26AsP. The third-order valence-electron chi connectivity index (χ3n) is 5.44. The van der Waals surface area contributed by atoms with Crippen LogP contribution in [0.15, 0.2) is 121 Å². The van der Waals surface area contributed by atoms with Crippen LogP contribution in [0.1, 0.15) is 17.5 Å². The van der Waals surface area contributed by atoms with Crippen molar-refractivity contribution in [2.75, 3.05) is 0 Å². The van der Waals surface area contributed by atoms with E-state index in [2.05, 4.69) is 131 Å². The van der Waals surface area contributed by atoms with E-state index in [0.717, 1.165) is 6.42 Å².